The van der Waals surface area contributed by atoms with Crippen LogP contribution in [-0.4, -0.2) is 21.6 Å². The zero-order chi connectivity index (χ0) is 19.7. The predicted molar refractivity (Wildman–Crippen MR) is 109 cm³/mol. The van der Waals surface area contributed by atoms with E-state index in [0.29, 0.717) is 22.4 Å². The summed E-state index contributed by atoms with van der Waals surface area (Å²) in [5.41, 5.74) is 1.21. The maximum atomic E-state index is 14.9. The van der Waals surface area contributed by atoms with E-state index in [1.807, 2.05) is 6.92 Å². The molecule has 1 fully saturated rings. The van der Waals surface area contributed by atoms with Crippen LogP contribution < -0.4 is 10.0 Å². The van der Waals surface area contributed by atoms with Crippen molar-refractivity contribution in [2.45, 2.75) is 26.2 Å². The average Bonchev–Trinajstić information content (AvgIpc) is 3.42. The highest BCUT2D eigenvalue weighted by Crippen LogP contribution is 2.35. The number of nitrogens with one attached hydrogen (secondary N) is 3. The number of rotatable bonds is 7. The Kier molecular flexibility index (Phi) is 5.21. The Hall–Kier alpha value is -2.61. The van der Waals surface area contributed by atoms with Gasteiger partial charge in [0, 0.05) is 34.9 Å². The minimum Gasteiger partial charge on any atom is -0.346 e. The van der Waals surface area contributed by atoms with Crippen molar-refractivity contribution in [1.29, 1.82) is 0 Å². The Labute approximate surface area is 165 Å². The topological polar surface area (TPSA) is 69.8 Å². The van der Waals surface area contributed by atoms with E-state index in [-0.39, 0.29) is 23.1 Å². The lowest BCUT2D eigenvalue weighted by Crippen LogP contribution is -2.14. The van der Waals surface area contributed by atoms with Gasteiger partial charge < -0.3 is 15.0 Å². The van der Waals surface area contributed by atoms with Crippen molar-refractivity contribution in [2.24, 2.45) is 5.92 Å². The number of H-pyrrole nitrogens is 1. The molecule has 0 aliphatic heterocycles. The number of hydrogen-bond acceptors (Lipinski definition) is 4. The minimum atomic E-state index is -0.547. The maximum Gasteiger partial charge on any atom is 0.228 e. The third-order valence-electron chi connectivity index (χ3n) is 4.56. The van der Waals surface area contributed by atoms with Gasteiger partial charge in [-0.15, -0.1) is 0 Å². The van der Waals surface area contributed by atoms with Gasteiger partial charge in [0.2, 0.25) is 5.91 Å². The second kappa shape index (κ2) is 7.79. The van der Waals surface area contributed by atoms with Crippen molar-refractivity contribution in [3.63, 3.8) is 0 Å². The maximum absolute atomic E-state index is 14.9. The van der Waals surface area contributed by atoms with Gasteiger partial charge in [-0.25, -0.2) is 13.8 Å². The van der Waals surface area contributed by atoms with E-state index in [1.54, 1.807) is 18.3 Å². The second-order valence-corrected chi connectivity index (χ2v) is 7.72. The summed E-state index contributed by atoms with van der Waals surface area (Å²) in [5, 5.41) is 3.43. The van der Waals surface area contributed by atoms with Gasteiger partial charge in [0.1, 0.15) is 23.1 Å². The molecule has 0 spiro atoms. The van der Waals surface area contributed by atoms with Gasteiger partial charge in [-0.3, -0.25) is 4.79 Å². The van der Waals surface area contributed by atoms with Crippen LogP contribution in [0.15, 0.2) is 30.5 Å². The van der Waals surface area contributed by atoms with Crippen LogP contribution in [0.25, 0.3) is 22.2 Å². The molecule has 0 saturated heterocycles. The molecule has 1 amide bonds. The predicted octanol–water partition coefficient (Wildman–Crippen LogP) is 5.33. The fourth-order valence-electron chi connectivity index (χ4n) is 2.96. The first kappa shape index (κ1) is 18.7. The number of amides is 1. The largest absolute Gasteiger partial charge is 0.346 e. The summed E-state index contributed by atoms with van der Waals surface area (Å²) >= 11 is 1.33. The van der Waals surface area contributed by atoms with Crippen LogP contribution in [0.4, 0.5) is 20.3 Å². The lowest BCUT2D eigenvalue weighted by atomic mass is 10.0. The third kappa shape index (κ3) is 3.82. The summed E-state index contributed by atoms with van der Waals surface area (Å²) in [4.78, 5) is 19.4. The molecule has 0 atom stereocenters. The van der Waals surface area contributed by atoms with E-state index in [0.717, 1.165) is 31.1 Å². The molecule has 3 N–H and O–H groups in total. The zero-order valence-electron chi connectivity index (χ0n) is 15.3. The van der Waals surface area contributed by atoms with Crippen molar-refractivity contribution < 1.29 is 13.6 Å². The third-order valence-corrected chi connectivity index (χ3v) is 5.54. The molecule has 1 saturated carbocycles. The van der Waals surface area contributed by atoms with E-state index in [9.17, 15) is 13.6 Å². The van der Waals surface area contributed by atoms with Gasteiger partial charge in [-0.05, 0) is 43.0 Å². The van der Waals surface area contributed by atoms with Gasteiger partial charge in [0.15, 0.2) is 0 Å². The van der Waals surface area contributed by atoms with Gasteiger partial charge in [0.25, 0.3) is 0 Å². The normalized spacial score (nSPS) is 13.7. The summed E-state index contributed by atoms with van der Waals surface area (Å²) < 4.78 is 32.3. The van der Waals surface area contributed by atoms with Crippen LogP contribution in [0, 0.1) is 17.6 Å². The van der Waals surface area contributed by atoms with Crippen LogP contribution in [-0.2, 0) is 4.79 Å². The standard InChI is InChI=1S/C20H20F2N4OS/c1-2-7-28-26-17-10-15(21)14(8-16(17)22)13-9-18(25-20(27)11-3-4-11)24-19-12(13)5-6-23-19/h5-6,8-11,26H,2-4,7H2,1H3,(H2,23,24,25,27). The fraction of sp³-hybridized carbons (Fsp3) is 0.300. The van der Waals surface area contributed by atoms with E-state index in [1.165, 1.54) is 18.0 Å². The molecule has 1 aromatic carbocycles. The molecule has 0 bridgehead atoms. The highest BCUT2D eigenvalue weighted by Gasteiger charge is 2.30. The van der Waals surface area contributed by atoms with Crippen LogP contribution in [0.1, 0.15) is 26.2 Å². The number of aromatic amines is 1. The Bertz CT molecular complexity index is 1030. The number of aromatic nitrogens is 2. The molecular weight excluding hydrogens is 382 g/mol. The van der Waals surface area contributed by atoms with Gasteiger partial charge in [-0.2, -0.15) is 0 Å². The molecule has 2 heterocycles. The minimum absolute atomic E-state index is 0.0183. The molecule has 3 aromatic rings. The lowest BCUT2D eigenvalue weighted by molar-refractivity contribution is -0.117. The molecule has 0 unspecified atom stereocenters. The Balaban J connectivity index is 1.72. The summed E-state index contributed by atoms with van der Waals surface area (Å²) in [6, 6.07) is 5.69. The zero-order valence-corrected chi connectivity index (χ0v) is 16.1. The second-order valence-electron chi connectivity index (χ2n) is 6.82. The average molecular weight is 402 g/mol. The number of carbonyl (C=O) groups is 1. The number of halogens is 2. The SMILES string of the molecule is CCCSNc1cc(F)c(-c2cc(NC(=O)C3CC3)nc3[nH]ccc23)cc1F. The summed E-state index contributed by atoms with van der Waals surface area (Å²) in [6.45, 7) is 2.01. The molecule has 2 aromatic heterocycles. The molecule has 4 rings (SSSR count). The molecule has 1 aliphatic rings. The number of nitrogens with zero attached hydrogens (tertiary/aromatic N) is 1. The number of benzene rings is 1. The molecular formula is C20H20F2N4OS. The summed E-state index contributed by atoms with van der Waals surface area (Å²) in [5.74, 6) is -0.0462. The number of pyridine rings is 1. The van der Waals surface area contributed by atoms with Crippen LogP contribution in [0.2, 0.25) is 0 Å². The molecule has 28 heavy (non-hydrogen) atoms. The summed E-state index contributed by atoms with van der Waals surface area (Å²) in [6.07, 6.45) is 4.35. The van der Waals surface area contributed by atoms with Gasteiger partial charge in [-0.1, -0.05) is 18.9 Å². The first-order valence-electron chi connectivity index (χ1n) is 9.23. The van der Waals surface area contributed by atoms with Crippen molar-refractivity contribution in [3.05, 3.63) is 42.1 Å². The van der Waals surface area contributed by atoms with Crippen molar-refractivity contribution in [3.8, 4) is 11.1 Å². The first-order chi connectivity index (χ1) is 13.6. The number of anilines is 2. The monoisotopic (exact) mass is 402 g/mol. The smallest absolute Gasteiger partial charge is 0.228 e. The highest BCUT2D eigenvalue weighted by molar-refractivity contribution is 8.00. The van der Waals surface area contributed by atoms with E-state index in [2.05, 4.69) is 20.0 Å². The highest BCUT2D eigenvalue weighted by atomic mass is 32.2. The van der Waals surface area contributed by atoms with E-state index < -0.39 is 11.6 Å². The quantitative estimate of drug-likeness (QED) is 0.369. The van der Waals surface area contributed by atoms with Gasteiger partial charge >= 0.3 is 0 Å². The van der Waals surface area contributed by atoms with E-state index in [4.69, 9.17) is 0 Å². The number of carbonyl (C=O) groups excluding carboxylic acids is 1. The van der Waals surface area contributed by atoms with Crippen LogP contribution in [0.5, 0.6) is 0 Å². The number of hydrogen-bond donors (Lipinski definition) is 3. The van der Waals surface area contributed by atoms with Crippen molar-refractivity contribution in [1.82, 2.24) is 9.97 Å². The van der Waals surface area contributed by atoms with Crippen molar-refractivity contribution >= 4 is 40.4 Å². The Morgan fingerprint density at radius 2 is 2.07 bits per heavy atom. The molecule has 8 heteroatoms. The molecule has 5 nitrogen and oxygen atoms in total. The van der Waals surface area contributed by atoms with Gasteiger partial charge in [0.05, 0.1) is 5.69 Å². The van der Waals surface area contributed by atoms with Crippen LogP contribution in [0.3, 0.4) is 0 Å². The molecule has 0 radical (unpaired) electrons. The number of fused-ring (bicyclic) bond motifs is 1. The molecule has 1 aliphatic carbocycles. The fourth-order valence-corrected chi connectivity index (χ4v) is 3.58. The Morgan fingerprint density at radius 1 is 1.25 bits per heavy atom. The van der Waals surface area contributed by atoms with Crippen molar-refractivity contribution in [2.75, 3.05) is 15.8 Å². The summed E-state index contributed by atoms with van der Waals surface area (Å²) in [7, 11) is 0. The lowest BCUT2D eigenvalue weighted by Gasteiger charge is -2.12. The molecule has 146 valence electrons. The van der Waals surface area contributed by atoms with Crippen LogP contribution >= 0.6 is 11.9 Å². The Morgan fingerprint density at radius 3 is 2.82 bits per heavy atom. The van der Waals surface area contributed by atoms with E-state index >= 15 is 0 Å². The first-order valence-corrected chi connectivity index (χ1v) is 10.2.